The van der Waals surface area contributed by atoms with Crippen LogP contribution in [-0.2, 0) is 0 Å². The molecule has 1 aliphatic carbocycles. The highest BCUT2D eigenvalue weighted by atomic mass is 16.1. The summed E-state index contributed by atoms with van der Waals surface area (Å²) in [6.45, 7) is 3.70. The predicted molar refractivity (Wildman–Crippen MR) is 71.1 cm³/mol. The zero-order chi connectivity index (χ0) is 11.8. The molecule has 0 radical (unpaired) electrons. The van der Waals surface area contributed by atoms with Crippen LogP contribution in [0.15, 0.2) is 54.6 Å². The van der Waals surface area contributed by atoms with Gasteiger partial charge in [0, 0.05) is 16.5 Å². The second-order valence-electron chi connectivity index (χ2n) is 4.24. The van der Waals surface area contributed by atoms with Crippen molar-refractivity contribution in [1.29, 1.82) is 0 Å². The van der Waals surface area contributed by atoms with Gasteiger partial charge in [-0.1, -0.05) is 42.5 Å². The average molecular weight is 220 g/mol. The van der Waals surface area contributed by atoms with Gasteiger partial charge in [0.1, 0.15) is 0 Å². The van der Waals surface area contributed by atoms with Gasteiger partial charge in [-0.15, -0.1) is 6.58 Å². The Kier molecular flexibility index (Phi) is 2.19. The van der Waals surface area contributed by atoms with E-state index in [1.807, 2.05) is 36.4 Å². The Morgan fingerprint density at radius 3 is 2.65 bits per heavy atom. The first kappa shape index (κ1) is 10.0. The minimum absolute atomic E-state index is 0.134. The molecular weight excluding hydrogens is 208 g/mol. The van der Waals surface area contributed by atoms with Gasteiger partial charge in [-0.25, -0.2) is 0 Å². The molecule has 17 heavy (non-hydrogen) atoms. The van der Waals surface area contributed by atoms with Crippen LogP contribution in [0.25, 0.3) is 16.8 Å². The number of hydrogen-bond donors (Lipinski definition) is 0. The van der Waals surface area contributed by atoms with Gasteiger partial charge in [0.2, 0.25) is 0 Å². The molecule has 0 amide bonds. The SMILES string of the molecule is C=CCC1=Cc2cccc3cccc(c23)C1=O. The zero-order valence-electron chi connectivity index (χ0n) is 9.44. The third-order valence-corrected chi connectivity index (χ3v) is 3.17. The van der Waals surface area contributed by atoms with Crippen LogP contribution in [0.1, 0.15) is 22.3 Å². The normalized spacial score (nSPS) is 13.6. The molecule has 2 aromatic carbocycles. The molecule has 0 atom stereocenters. The van der Waals surface area contributed by atoms with E-state index in [1.54, 1.807) is 6.08 Å². The van der Waals surface area contributed by atoms with Crippen molar-refractivity contribution < 1.29 is 4.79 Å². The molecule has 82 valence electrons. The fourth-order valence-electron chi connectivity index (χ4n) is 2.41. The Labute approximate surface area is 100 Å². The Balaban J connectivity index is 2.36. The first-order chi connectivity index (χ1) is 8.31. The molecule has 1 aliphatic rings. The second kappa shape index (κ2) is 3.70. The van der Waals surface area contributed by atoms with Crippen LogP contribution in [0, 0.1) is 0 Å². The van der Waals surface area contributed by atoms with Gasteiger partial charge in [0.15, 0.2) is 5.78 Å². The Morgan fingerprint density at radius 1 is 1.12 bits per heavy atom. The first-order valence-electron chi connectivity index (χ1n) is 5.69. The summed E-state index contributed by atoms with van der Waals surface area (Å²) in [6.07, 6.45) is 4.39. The first-order valence-corrected chi connectivity index (χ1v) is 5.69. The van der Waals surface area contributed by atoms with E-state index in [9.17, 15) is 4.79 Å². The van der Waals surface area contributed by atoms with Gasteiger partial charge in [-0.05, 0) is 23.4 Å². The van der Waals surface area contributed by atoms with Gasteiger partial charge in [-0.3, -0.25) is 4.79 Å². The standard InChI is InChI=1S/C16H12O/c1-2-5-13-10-12-8-3-6-11-7-4-9-14(15(11)12)16(13)17/h2-4,6-10H,1,5H2. The number of Topliss-reactive ketones (excluding diaryl/α,β-unsaturated/α-hetero) is 1. The molecule has 0 unspecified atom stereocenters. The highest BCUT2D eigenvalue weighted by Gasteiger charge is 2.20. The van der Waals surface area contributed by atoms with E-state index in [0.717, 1.165) is 27.5 Å². The highest BCUT2D eigenvalue weighted by Crippen LogP contribution is 2.32. The lowest BCUT2D eigenvalue weighted by Gasteiger charge is -2.15. The molecule has 0 fully saturated rings. The van der Waals surface area contributed by atoms with E-state index in [-0.39, 0.29) is 5.78 Å². The molecule has 1 heteroatoms. The zero-order valence-corrected chi connectivity index (χ0v) is 9.44. The maximum atomic E-state index is 12.3. The van der Waals surface area contributed by atoms with Crippen molar-refractivity contribution in [3.8, 4) is 0 Å². The van der Waals surface area contributed by atoms with Crippen LogP contribution in [0.4, 0.5) is 0 Å². The number of rotatable bonds is 2. The summed E-state index contributed by atoms with van der Waals surface area (Å²) in [4.78, 5) is 12.3. The Morgan fingerprint density at radius 2 is 1.88 bits per heavy atom. The molecule has 0 heterocycles. The van der Waals surface area contributed by atoms with Crippen LogP contribution in [0.5, 0.6) is 0 Å². The number of ketones is 1. The lowest BCUT2D eigenvalue weighted by molar-refractivity contribution is 0.103. The second-order valence-corrected chi connectivity index (χ2v) is 4.24. The summed E-state index contributed by atoms with van der Waals surface area (Å²) < 4.78 is 0. The van der Waals surface area contributed by atoms with Crippen molar-refractivity contribution in [3.63, 3.8) is 0 Å². The van der Waals surface area contributed by atoms with Crippen LogP contribution in [0.2, 0.25) is 0 Å². The van der Waals surface area contributed by atoms with Crippen molar-refractivity contribution in [2.75, 3.05) is 0 Å². The van der Waals surface area contributed by atoms with Gasteiger partial charge in [0.25, 0.3) is 0 Å². The summed E-state index contributed by atoms with van der Waals surface area (Å²) in [5.74, 6) is 0.134. The molecule has 2 aromatic rings. The highest BCUT2D eigenvalue weighted by molar-refractivity contribution is 6.22. The van der Waals surface area contributed by atoms with Crippen LogP contribution in [-0.4, -0.2) is 5.78 Å². The Bertz CT molecular complexity index is 657. The molecule has 0 bridgehead atoms. The van der Waals surface area contributed by atoms with E-state index < -0.39 is 0 Å². The average Bonchev–Trinajstić information content (AvgIpc) is 2.36. The maximum absolute atomic E-state index is 12.3. The van der Waals surface area contributed by atoms with E-state index in [4.69, 9.17) is 0 Å². The van der Waals surface area contributed by atoms with Crippen LogP contribution >= 0.6 is 0 Å². The van der Waals surface area contributed by atoms with Gasteiger partial charge in [-0.2, -0.15) is 0 Å². The van der Waals surface area contributed by atoms with Gasteiger partial charge in [0.05, 0.1) is 0 Å². The number of benzene rings is 2. The number of carbonyl (C=O) groups is 1. The van der Waals surface area contributed by atoms with Crippen molar-refractivity contribution in [1.82, 2.24) is 0 Å². The third-order valence-electron chi connectivity index (χ3n) is 3.17. The van der Waals surface area contributed by atoms with Crippen molar-refractivity contribution in [2.24, 2.45) is 0 Å². The van der Waals surface area contributed by atoms with Crippen molar-refractivity contribution >= 4 is 22.6 Å². The molecule has 0 saturated carbocycles. The lowest BCUT2D eigenvalue weighted by Crippen LogP contribution is -2.08. The van der Waals surface area contributed by atoms with Crippen LogP contribution < -0.4 is 0 Å². The third kappa shape index (κ3) is 1.43. The molecule has 3 rings (SSSR count). The monoisotopic (exact) mass is 220 g/mol. The summed E-state index contributed by atoms with van der Waals surface area (Å²) in [6, 6.07) is 12.0. The molecule has 0 aliphatic heterocycles. The largest absolute Gasteiger partial charge is 0.289 e. The van der Waals surface area contributed by atoms with E-state index in [0.29, 0.717) is 6.42 Å². The quantitative estimate of drug-likeness (QED) is 0.699. The van der Waals surface area contributed by atoms with E-state index in [2.05, 4.69) is 12.6 Å². The molecule has 1 nitrogen and oxygen atoms in total. The van der Waals surface area contributed by atoms with Gasteiger partial charge < -0.3 is 0 Å². The molecule has 0 N–H and O–H groups in total. The number of carbonyl (C=O) groups excluding carboxylic acids is 1. The minimum atomic E-state index is 0.134. The maximum Gasteiger partial charge on any atom is 0.189 e. The predicted octanol–water partition coefficient (Wildman–Crippen LogP) is 4.00. The minimum Gasteiger partial charge on any atom is -0.289 e. The molecule has 0 aromatic heterocycles. The summed E-state index contributed by atoms with van der Waals surface area (Å²) >= 11 is 0. The molecule has 0 saturated heterocycles. The van der Waals surface area contributed by atoms with Crippen LogP contribution in [0.3, 0.4) is 0 Å². The van der Waals surface area contributed by atoms with Crippen molar-refractivity contribution in [2.45, 2.75) is 6.42 Å². The summed E-state index contributed by atoms with van der Waals surface area (Å²) in [5.41, 5.74) is 2.78. The topological polar surface area (TPSA) is 17.1 Å². The smallest absolute Gasteiger partial charge is 0.189 e. The summed E-state index contributed by atoms with van der Waals surface area (Å²) in [7, 11) is 0. The lowest BCUT2D eigenvalue weighted by atomic mass is 9.87. The number of hydrogen-bond acceptors (Lipinski definition) is 1. The van der Waals surface area contributed by atoms with Gasteiger partial charge >= 0.3 is 0 Å². The fourth-order valence-corrected chi connectivity index (χ4v) is 2.41. The molecular formula is C16H12O. The fraction of sp³-hybridized carbons (Fsp3) is 0.0625. The van der Waals surface area contributed by atoms with E-state index in [1.165, 1.54) is 0 Å². The Hall–Kier alpha value is -2.15. The number of allylic oxidation sites excluding steroid dienone is 2. The van der Waals surface area contributed by atoms with Crippen molar-refractivity contribution in [3.05, 3.63) is 65.8 Å². The van der Waals surface area contributed by atoms with E-state index >= 15 is 0 Å². The summed E-state index contributed by atoms with van der Waals surface area (Å²) in [5, 5.41) is 2.20. The molecule has 0 spiro atoms.